The molecule has 1 aliphatic carbocycles. The van der Waals surface area contributed by atoms with Crippen molar-refractivity contribution < 1.29 is 14.3 Å². The summed E-state index contributed by atoms with van der Waals surface area (Å²) in [5.74, 6) is 0.799. The number of nitrogens with two attached hydrogens (primary N) is 1. The Balaban J connectivity index is 1.81. The third-order valence-corrected chi connectivity index (χ3v) is 6.19. The summed E-state index contributed by atoms with van der Waals surface area (Å²) in [6, 6.07) is 8.24. The van der Waals surface area contributed by atoms with Gasteiger partial charge in [-0.05, 0) is 37.8 Å². The number of methoxy groups -OCH3 is 2. The van der Waals surface area contributed by atoms with Gasteiger partial charge in [-0.25, -0.2) is 0 Å². The molecule has 2 N–H and O–H groups in total. The highest BCUT2D eigenvalue weighted by Gasteiger charge is 2.54. The lowest BCUT2D eigenvalue weighted by Gasteiger charge is -2.43. The summed E-state index contributed by atoms with van der Waals surface area (Å²) in [5, 5.41) is 10.8. The summed E-state index contributed by atoms with van der Waals surface area (Å²) in [7, 11) is 3.21. The quantitative estimate of drug-likeness (QED) is 0.856. The minimum absolute atomic E-state index is 0.0394. The van der Waals surface area contributed by atoms with Crippen LogP contribution in [0.25, 0.3) is 10.9 Å². The van der Waals surface area contributed by atoms with Crippen molar-refractivity contribution in [3.05, 3.63) is 24.4 Å². The second kappa shape index (κ2) is 6.86. The molecule has 2 unspecified atom stereocenters. The number of pyridine rings is 1. The Hall–Kier alpha value is -3.01. The lowest BCUT2D eigenvalue weighted by atomic mass is 9.81. The predicted molar refractivity (Wildman–Crippen MR) is 105 cm³/mol. The minimum Gasteiger partial charge on any atom is -0.493 e. The first kappa shape index (κ1) is 18.4. The fourth-order valence-electron chi connectivity index (χ4n) is 4.40. The van der Waals surface area contributed by atoms with Crippen molar-refractivity contribution in [2.24, 2.45) is 17.1 Å². The van der Waals surface area contributed by atoms with Crippen LogP contribution in [0.1, 0.15) is 25.7 Å². The molecule has 1 saturated heterocycles. The number of primary amides is 1. The van der Waals surface area contributed by atoms with Crippen molar-refractivity contribution in [3.63, 3.8) is 0 Å². The van der Waals surface area contributed by atoms with Crippen LogP contribution in [-0.2, 0) is 4.79 Å². The maximum absolute atomic E-state index is 11.8. The molecular formula is C21H24N4O3. The molecule has 2 atom stereocenters. The molecule has 2 aromatic rings. The molecule has 1 saturated carbocycles. The van der Waals surface area contributed by atoms with Crippen molar-refractivity contribution in [2.75, 3.05) is 25.7 Å². The van der Waals surface area contributed by atoms with E-state index in [4.69, 9.17) is 15.2 Å². The number of aromatic nitrogens is 1. The molecule has 4 rings (SSSR count). The molecule has 2 fully saturated rings. The van der Waals surface area contributed by atoms with E-state index < -0.39 is 5.41 Å². The Kier molecular flexibility index (Phi) is 4.50. The number of fused-ring (bicyclic) bond motifs is 1. The molecule has 1 aromatic carbocycles. The van der Waals surface area contributed by atoms with E-state index in [1.54, 1.807) is 20.4 Å². The average Bonchev–Trinajstić information content (AvgIpc) is 3.53. The molecule has 1 aromatic heterocycles. The van der Waals surface area contributed by atoms with Crippen molar-refractivity contribution in [1.29, 1.82) is 5.26 Å². The molecule has 1 amide bonds. The fourth-order valence-corrected chi connectivity index (χ4v) is 4.40. The second-order valence-electron chi connectivity index (χ2n) is 7.66. The zero-order valence-electron chi connectivity index (χ0n) is 16.1. The number of benzene rings is 1. The first-order chi connectivity index (χ1) is 13.5. The topological polar surface area (TPSA) is 101 Å². The van der Waals surface area contributed by atoms with Gasteiger partial charge in [-0.15, -0.1) is 0 Å². The third kappa shape index (κ3) is 2.89. The van der Waals surface area contributed by atoms with Gasteiger partial charge in [-0.1, -0.05) is 0 Å². The molecule has 7 heteroatoms. The number of piperidine rings is 1. The van der Waals surface area contributed by atoms with Crippen LogP contribution in [0, 0.1) is 22.7 Å². The van der Waals surface area contributed by atoms with Crippen molar-refractivity contribution in [1.82, 2.24) is 4.98 Å². The number of nitriles is 1. The van der Waals surface area contributed by atoms with E-state index in [1.807, 2.05) is 18.2 Å². The maximum Gasteiger partial charge on any atom is 0.220 e. The number of ether oxygens (including phenoxy) is 2. The first-order valence-corrected chi connectivity index (χ1v) is 9.51. The van der Waals surface area contributed by atoms with Gasteiger partial charge in [0.15, 0.2) is 11.5 Å². The monoisotopic (exact) mass is 380 g/mol. The standard InChI is InChI=1S/C21H24N4O3/c1-27-17-10-14-15(11-18(17)28-2)24-7-3-16(14)25-8-4-13(20(23)26)9-19(25)21(12-22)5-6-21/h3,7,10-11,13,19H,4-6,8-9H2,1-2H3,(H2,23,26). The highest BCUT2D eigenvalue weighted by molar-refractivity contribution is 5.94. The highest BCUT2D eigenvalue weighted by atomic mass is 16.5. The van der Waals surface area contributed by atoms with Crippen LogP contribution in [0.15, 0.2) is 24.4 Å². The van der Waals surface area contributed by atoms with Crippen LogP contribution >= 0.6 is 0 Å². The number of amides is 1. The number of hydrogen-bond acceptors (Lipinski definition) is 6. The van der Waals surface area contributed by atoms with E-state index in [9.17, 15) is 10.1 Å². The maximum atomic E-state index is 11.8. The van der Waals surface area contributed by atoms with Gasteiger partial charge in [-0.2, -0.15) is 5.26 Å². The summed E-state index contributed by atoms with van der Waals surface area (Å²) in [4.78, 5) is 18.6. The molecule has 1 aliphatic heterocycles. The normalized spacial score (nSPS) is 23.1. The molecule has 0 spiro atoms. The molecule has 7 nitrogen and oxygen atoms in total. The second-order valence-corrected chi connectivity index (χ2v) is 7.66. The molecule has 0 radical (unpaired) electrons. The predicted octanol–water partition coefficient (Wildman–Crippen LogP) is 2.63. The summed E-state index contributed by atoms with van der Waals surface area (Å²) < 4.78 is 10.9. The summed E-state index contributed by atoms with van der Waals surface area (Å²) in [5.41, 5.74) is 6.99. The number of hydrogen-bond donors (Lipinski definition) is 1. The number of carbonyl (C=O) groups is 1. The molecule has 0 bridgehead atoms. The van der Waals surface area contributed by atoms with Gasteiger partial charge >= 0.3 is 0 Å². The SMILES string of the molecule is COc1cc2nccc(N3CCC(C(N)=O)CC3C3(C#N)CC3)c2cc1OC. The summed E-state index contributed by atoms with van der Waals surface area (Å²) in [6.07, 6.45) is 4.78. The van der Waals surface area contributed by atoms with Crippen LogP contribution in [0.5, 0.6) is 11.5 Å². The molecule has 2 heterocycles. The zero-order chi connectivity index (χ0) is 19.9. The molecule has 2 aliphatic rings. The third-order valence-electron chi connectivity index (χ3n) is 6.19. The Morgan fingerprint density at radius 2 is 2.04 bits per heavy atom. The van der Waals surface area contributed by atoms with Crippen LogP contribution in [0.3, 0.4) is 0 Å². The smallest absolute Gasteiger partial charge is 0.220 e. The highest BCUT2D eigenvalue weighted by Crippen LogP contribution is 2.54. The Labute approximate surface area is 164 Å². The van der Waals surface area contributed by atoms with Crippen molar-refractivity contribution >= 4 is 22.5 Å². The fraction of sp³-hybridized carbons (Fsp3) is 0.476. The number of carbonyl (C=O) groups excluding carboxylic acids is 1. The van der Waals surface area contributed by atoms with Gasteiger partial charge in [0.05, 0.1) is 31.2 Å². The largest absolute Gasteiger partial charge is 0.493 e. The molecule has 28 heavy (non-hydrogen) atoms. The van der Waals surface area contributed by atoms with E-state index in [2.05, 4.69) is 16.0 Å². The average molecular weight is 380 g/mol. The first-order valence-electron chi connectivity index (χ1n) is 9.51. The Morgan fingerprint density at radius 1 is 1.32 bits per heavy atom. The van der Waals surface area contributed by atoms with E-state index in [-0.39, 0.29) is 17.9 Å². The van der Waals surface area contributed by atoms with E-state index in [0.29, 0.717) is 30.9 Å². The number of anilines is 1. The van der Waals surface area contributed by atoms with Crippen LogP contribution in [-0.4, -0.2) is 37.7 Å². The molecular weight excluding hydrogens is 356 g/mol. The van der Waals surface area contributed by atoms with Gasteiger partial charge in [0.1, 0.15) is 0 Å². The zero-order valence-corrected chi connectivity index (χ0v) is 16.1. The number of rotatable bonds is 5. The Bertz CT molecular complexity index is 964. The van der Waals surface area contributed by atoms with Crippen LogP contribution in [0.2, 0.25) is 0 Å². The van der Waals surface area contributed by atoms with Crippen molar-refractivity contribution in [3.8, 4) is 17.6 Å². The van der Waals surface area contributed by atoms with Gasteiger partial charge in [-0.3, -0.25) is 9.78 Å². The van der Waals surface area contributed by atoms with Crippen LogP contribution < -0.4 is 20.1 Å². The van der Waals surface area contributed by atoms with Gasteiger partial charge in [0.2, 0.25) is 5.91 Å². The van der Waals surface area contributed by atoms with E-state index in [0.717, 1.165) is 29.4 Å². The van der Waals surface area contributed by atoms with E-state index >= 15 is 0 Å². The van der Waals surface area contributed by atoms with Gasteiger partial charge in [0, 0.05) is 41.8 Å². The van der Waals surface area contributed by atoms with E-state index in [1.165, 1.54) is 0 Å². The summed E-state index contributed by atoms with van der Waals surface area (Å²) >= 11 is 0. The lowest BCUT2D eigenvalue weighted by Crippen LogP contribution is -2.50. The number of nitrogens with zero attached hydrogens (tertiary/aromatic N) is 3. The van der Waals surface area contributed by atoms with Crippen LogP contribution in [0.4, 0.5) is 5.69 Å². The Morgan fingerprint density at radius 3 is 2.64 bits per heavy atom. The van der Waals surface area contributed by atoms with Crippen molar-refractivity contribution in [2.45, 2.75) is 31.7 Å². The molecule has 146 valence electrons. The minimum atomic E-state index is -0.403. The lowest BCUT2D eigenvalue weighted by molar-refractivity contribution is -0.122. The van der Waals surface area contributed by atoms with Gasteiger partial charge < -0.3 is 20.1 Å². The van der Waals surface area contributed by atoms with Gasteiger partial charge in [0.25, 0.3) is 0 Å². The summed E-state index contributed by atoms with van der Waals surface area (Å²) in [6.45, 7) is 0.676.